The molecule has 0 bridgehead atoms. The van der Waals surface area contributed by atoms with Crippen molar-refractivity contribution >= 4 is 29.3 Å². The lowest BCUT2D eigenvalue weighted by molar-refractivity contribution is 0.0600. The summed E-state index contributed by atoms with van der Waals surface area (Å²) in [6.45, 7) is 0.544. The van der Waals surface area contributed by atoms with Crippen molar-refractivity contribution < 1.29 is 14.6 Å². The summed E-state index contributed by atoms with van der Waals surface area (Å²) < 4.78 is 6.73. The average Bonchev–Trinajstić information content (AvgIpc) is 3.09. The lowest BCUT2D eigenvalue weighted by Gasteiger charge is -2.08. The highest BCUT2D eigenvalue weighted by atomic mass is 35.5. The number of imidazole rings is 1. The van der Waals surface area contributed by atoms with Crippen molar-refractivity contribution in [2.45, 2.75) is 24.1 Å². The van der Waals surface area contributed by atoms with Gasteiger partial charge in [0.1, 0.15) is 0 Å². The number of nitrogens with zero attached hydrogens (tertiary/aromatic N) is 2. The van der Waals surface area contributed by atoms with E-state index in [0.717, 1.165) is 16.3 Å². The van der Waals surface area contributed by atoms with Crippen LogP contribution in [0.2, 0.25) is 5.02 Å². The molecule has 1 N–H and O–H groups in total. The van der Waals surface area contributed by atoms with E-state index in [0.29, 0.717) is 28.6 Å². The van der Waals surface area contributed by atoms with Crippen molar-refractivity contribution in [3.8, 4) is 0 Å². The number of ether oxygens (including phenoxy) is 1. The summed E-state index contributed by atoms with van der Waals surface area (Å²) in [5.41, 5.74) is 3.33. The first-order valence-corrected chi connectivity index (χ1v) is 9.67. The van der Waals surface area contributed by atoms with E-state index in [1.807, 2.05) is 47.2 Å². The zero-order valence-electron chi connectivity index (χ0n) is 14.8. The maximum absolute atomic E-state index is 11.5. The quantitative estimate of drug-likeness (QED) is 0.475. The molecule has 1 heterocycles. The van der Waals surface area contributed by atoms with Gasteiger partial charge in [-0.1, -0.05) is 47.6 Å². The Bertz CT molecular complexity index is 908. The van der Waals surface area contributed by atoms with Gasteiger partial charge in [0, 0.05) is 23.5 Å². The molecular weight excluding hydrogens is 384 g/mol. The fraction of sp³-hybridized carbons (Fsp3) is 0.200. The number of methoxy groups -OCH3 is 1. The second-order valence-electron chi connectivity index (χ2n) is 5.90. The maximum atomic E-state index is 11.5. The molecule has 0 aliphatic heterocycles. The number of carbonyl (C=O) groups excluding carboxylic acids is 1. The molecule has 0 aliphatic rings. The Balaban J connectivity index is 1.71. The van der Waals surface area contributed by atoms with Gasteiger partial charge in [-0.25, -0.2) is 9.78 Å². The van der Waals surface area contributed by atoms with Crippen LogP contribution in [0.5, 0.6) is 0 Å². The van der Waals surface area contributed by atoms with Crippen LogP contribution in [0.25, 0.3) is 0 Å². The van der Waals surface area contributed by atoms with Crippen LogP contribution in [-0.2, 0) is 23.6 Å². The number of esters is 1. The predicted molar refractivity (Wildman–Crippen MR) is 106 cm³/mol. The zero-order chi connectivity index (χ0) is 19.2. The van der Waals surface area contributed by atoms with Gasteiger partial charge in [-0.3, -0.25) is 0 Å². The Hall–Kier alpha value is -2.28. The number of aliphatic hydroxyl groups excluding tert-OH is 1. The third-order valence-corrected chi connectivity index (χ3v) is 5.27. The van der Waals surface area contributed by atoms with Crippen molar-refractivity contribution in [3.05, 3.63) is 82.1 Å². The van der Waals surface area contributed by atoms with E-state index in [1.165, 1.54) is 7.11 Å². The molecule has 0 aliphatic carbocycles. The molecule has 0 saturated heterocycles. The Morgan fingerprint density at radius 2 is 1.81 bits per heavy atom. The molecule has 5 nitrogen and oxygen atoms in total. The van der Waals surface area contributed by atoms with E-state index in [2.05, 4.69) is 4.98 Å². The number of thioether (sulfide) groups is 1. The van der Waals surface area contributed by atoms with Crippen molar-refractivity contribution in [1.29, 1.82) is 0 Å². The van der Waals surface area contributed by atoms with Crippen LogP contribution in [0.4, 0.5) is 0 Å². The summed E-state index contributed by atoms with van der Waals surface area (Å²) >= 11 is 7.52. The van der Waals surface area contributed by atoms with Crippen LogP contribution >= 0.6 is 23.4 Å². The fourth-order valence-corrected chi connectivity index (χ4v) is 3.62. The molecule has 0 atom stereocenters. The topological polar surface area (TPSA) is 64.3 Å². The number of benzene rings is 2. The van der Waals surface area contributed by atoms with Gasteiger partial charge in [0.05, 0.1) is 25.0 Å². The molecule has 0 saturated carbocycles. The lowest BCUT2D eigenvalue weighted by Crippen LogP contribution is -2.01. The molecule has 27 heavy (non-hydrogen) atoms. The standard InChI is InChI=1S/C20H19ClN2O3S/c1-26-19(25)16-6-2-15(3-7-16)13-27-20-22-18(12-24)11-23(20)10-14-4-8-17(21)9-5-14/h2-9,11,24H,10,12-13H2,1H3. The zero-order valence-corrected chi connectivity index (χ0v) is 16.3. The number of aliphatic hydroxyl groups is 1. The summed E-state index contributed by atoms with van der Waals surface area (Å²) in [4.78, 5) is 16.0. The molecule has 0 amide bonds. The van der Waals surface area contributed by atoms with E-state index in [-0.39, 0.29) is 12.6 Å². The van der Waals surface area contributed by atoms with Crippen LogP contribution in [0.15, 0.2) is 59.9 Å². The van der Waals surface area contributed by atoms with E-state index in [1.54, 1.807) is 23.9 Å². The average molecular weight is 403 g/mol. The number of aromatic nitrogens is 2. The highest BCUT2D eigenvalue weighted by Gasteiger charge is 2.10. The van der Waals surface area contributed by atoms with Gasteiger partial charge in [-0.2, -0.15) is 0 Å². The Labute approximate surface area is 167 Å². The third kappa shape index (κ3) is 5.13. The fourth-order valence-electron chi connectivity index (χ4n) is 2.54. The van der Waals surface area contributed by atoms with Gasteiger partial charge < -0.3 is 14.4 Å². The Morgan fingerprint density at radius 3 is 2.44 bits per heavy atom. The van der Waals surface area contributed by atoms with Gasteiger partial charge in [0.25, 0.3) is 0 Å². The van der Waals surface area contributed by atoms with E-state index in [9.17, 15) is 9.90 Å². The molecule has 2 aromatic carbocycles. The van der Waals surface area contributed by atoms with Crippen LogP contribution in [0.3, 0.4) is 0 Å². The van der Waals surface area contributed by atoms with Gasteiger partial charge in [-0.05, 0) is 35.4 Å². The molecule has 7 heteroatoms. The first-order valence-electron chi connectivity index (χ1n) is 8.30. The summed E-state index contributed by atoms with van der Waals surface area (Å²) in [6, 6.07) is 15.0. The molecular formula is C20H19ClN2O3S. The van der Waals surface area contributed by atoms with Gasteiger partial charge in [-0.15, -0.1) is 0 Å². The molecule has 3 aromatic rings. The van der Waals surface area contributed by atoms with Crippen molar-refractivity contribution in [2.24, 2.45) is 0 Å². The Morgan fingerprint density at radius 1 is 1.15 bits per heavy atom. The largest absolute Gasteiger partial charge is 0.465 e. The molecule has 140 valence electrons. The number of halogens is 1. The number of hydrogen-bond acceptors (Lipinski definition) is 5. The molecule has 0 unspecified atom stereocenters. The second-order valence-corrected chi connectivity index (χ2v) is 7.28. The number of rotatable bonds is 7. The van der Waals surface area contributed by atoms with Gasteiger partial charge >= 0.3 is 5.97 Å². The van der Waals surface area contributed by atoms with Crippen molar-refractivity contribution in [2.75, 3.05) is 7.11 Å². The minimum atomic E-state index is -0.347. The minimum absolute atomic E-state index is 0.102. The van der Waals surface area contributed by atoms with E-state index >= 15 is 0 Å². The lowest BCUT2D eigenvalue weighted by atomic mass is 10.1. The minimum Gasteiger partial charge on any atom is -0.465 e. The maximum Gasteiger partial charge on any atom is 0.337 e. The van der Waals surface area contributed by atoms with E-state index in [4.69, 9.17) is 16.3 Å². The van der Waals surface area contributed by atoms with Crippen LogP contribution < -0.4 is 0 Å². The van der Waals surface area contributed by atoms with Crippen molar-refractivity contribution in [1.82, 2.24) is 9.55 Å². The summed E-state index contributed by atoms with van der Waals surface area (Å²) in [7, 11) is 1.37. The van der Waals surface area contributed by atoms with Crippen molar-refractivity contribution in [3.63, 3.8) is 0 Å². The second kappa shape index (κ2) is 9.08. The summed E-state index contributed by atoms with van der Waals surface area (Å²) in [5, 5.41) is 10.9. The normalized spacial score (nSPS) is 10.8. The summed E-state index contributed by atoms with van der Waals surface area (Å²) in [6.07, 6.45) is 1.86. The Kier molecular flexibility index (Phi) is 6.55. The number of hydrogen-bond donors (Lipinski definition) is 1. The molecule has 0 spiro atoms. The molecule has 0 radical (unpaired) electrons. The monoisotopic (exact) mass is 402 g/mol. The first kappa shape index (κ1) is 19.5. The van der Waals surface area contributed by atoms with Crippen LogP contribution in [-0.4, -0.2) is 27.7 Å². The van der Waals surface area contributed by atoms with Gasteiger partial charge in [0.2, 0.25) is 0 Å². The highest BCUT2D eigenvalue weighted by molar-refractivity contribution is 7.98. The van der Waals surface area contributed by atoms with Crippen LogP contribution in [0, 0.1) is 0 Å². The predicted octanol–water partition coefficient (Wildman–Crippen LogP) is 4.16. The number of carbonyl (C=O) groups is 1. The first-order chi connectivity index (χ1) is 13.1. The molecule has 1 aromatic heterocycles. The molecule has 3 rings (SSSR count). The van der Waals surface area contributed by atoms with Gasteiger partial charge in [0.15, 0.2) is 5.16 Å². The highest BCUT2D eigenvalue weighted by Crippen LogP contribution is 2.24. The summed E-state index contributed by atoms with van der Waals surface area (Å²) in [5.74, 6) is 0.351. The third-order valence-electron chi connectivity index (χ3n) is 3.96. The van der Waals surface area contributed by atoms with E-state index < -0.39 is 0 Å². The van der Waals surface area contributed by atoms with Crippen LogP contribution in [0.1, 0.15) is 27.2 Å². The SMILES string of the molecule is COC(=O)c1ccc(CSc2nc(CO)cn2Cc2ccc(Cl)cc2)cc1. The molecule has 0 fully saturated rings. The smallest absolute Gasteiger partial charge is 0.337 e.